The van der Waals surface area contributed by atoms with Crippen molar-refractivity contribution in [2.24, 2.45) is 0 Å². The number of benzene rings is 1. The van der Waals surface area contributed by atoms with Crippen molar-refractivity contribution in [2.45, 2.75) is 27.2 Å². The molecule has 0 saturated heterocycles. The van der Waals surface area contributed by atoms with Gasteiger partial charge in [0.05, 0.1) is 6.61 Å². The van der Waals surface area contributed by atoms with Gasteiger partial charge in [0, 0.05) is 16.9 Å². The van der Waals surface area contributed by atoms with Crippen LogP contribution in [0.1, 0.15) is 25.1 Å². The van der Waals surface area contributed by atoms with Gasteiger partial charge in [-0.05, 0) is 44.5 Å². The van der Waals surface area contributed by atoms with Crippen LogP contribution in [0, 0.1) is 6.92 Å². The van der Waals surface area contributed by atoms with E-state index >= 15 is 0 Å². The normalized spacial score (nSPS) is 10.9. The number of ether oxygens (including phenoxy) is 1. The van der Waals surface area contributed by atoms with Gasteiger partial charge in [-0.15, -0.1) is 0 Å². The Hall–Kier alpha value is -2.63. The predicted octanol–water partition coefficient (Wildman–Crippen LogP) is 3.14. The molecule has 6 nitrogen and oxygen atoms in total. The third-order valence-corrected chi connectivity index (χ3v) is 3.51. The molecule has 0 aliphatic rings. The van der Waals surface area contributed by atoms with Crippen LogP contribution >= 0.6 is 0 Å². The molecular weight excluding hydrogens is 278 g/mol. The number of nitrogens with zero attached hydrogens (tertiary/aromatic N) is 4. The van der Waals surface area contributed by atoms with Crippen LogP contribution in [0.3, 0.4) is 0 Å². The van der Waals surface area contributed by atoms with Gasteiger partial charge in [0.1, 0.15) is 17.9 Å². The highest BCUT2D eigenvalue weighted by atomic mass is 16.5. The minimum atomic E-state index is 0.600. The van der Waals surface area contributed by atoms with Gasteiger partial charge in [0.2, 0.25) is 0 Å². The van der Waals surface area contributed by atoms with Gasteiger partial charge in [-0.1, -0.05) is 6.92 Å². The van der Waals surface area contributed by atoms with Crippen LogP contribution in [0.2, 0.25) is 0 Å². The number of aryl methyl sites for hydroxylation is 1. The zero-order valence-electron chi connectivity index (χ0n) is 13.0. The highest BCUT2D eigenvalue weighted by molar-refractivity contribution is 5.63. The molecule has 1 N–H and O–H groups in total. The average Bonchev–Trinajstić information content (AvgIpc) is 2.97. The van der Waals surface area contributed by atoms with Crippen molar-refractivity contribution in [1.29, 1.82) is 0 Å². The Labute approximate surface area is 129 Å². The summed E-state index contributed by atoms with van der Waals surface area (Å²) in [7, 11) is 0. The van der Waals surface area contributed by atoms with Crippen molar-refractivity contribution in [3.05, 3.63) is 41.9 Å². The van der Waals surface area contributed by atoms with Crippen LogP contribution in [0.25, 0.3) is 5.78 Å². The lowest BCUT2D eigenvalue weighted by Crippen LogP contribution is -2.08. The van der Waals surface area contributed by atoms with Gasteiger partial charge in [0.25, 0.3) is 5.78 Å². The zero-order valence-corrected chi connectivity index (χ0v) is 13.0. The number of hydrogen-bond acceptors (Lipinski definition) is 5. The van der Waals surface area contributed by atoms with E-state index in [0.29, 0.717) is 12.4 Å². The first-order valence-electron chi connectivity index (χ1n) is 7.42. The Morgan fingerprint density at radius 1 is 1.18 bits per heavy atom. The van der Waals surface area contributed by atoms with E-state index in [-0.39, 0.29) is 0 Å². The molecule has 1 aromatic carbocycles. The molecule has 0 aliphatic heterocycles. The first kappa shape index (κ1) is 14.3. The van der Waals surface area contributed by atoms with Crippen molar-refractivity contribution < 1.29 is 4.74 Å². The molecule has 3 rings (SSSR count). The predicted molar refractivity (Wildman–Crippen MR) is 85.8 cm³/mol. The molecule has 0 bridgehead atoms. The Kier molecular flexibility index (Phi) is 3.91. The summed E-state index contributed by atoms with van der Waals surface area (Å²) >= 11 is 0. The molecular formula is C16H19N5O. The quantitative estimate of drug-likeness (QED) is 0.783. The molecule has 2 aromatic heterocycles. The van der Waals surface area contributed by atoms with Crippen LogP contribution in [0.4, 0.5) is 11.5 Å². The molecule has 0 unspecified atom stereocenters. The molecule has 0 amide bonds. The molecule has 0 aliphatic carbocycles. The number of rotatable bonds is 5. The van der Waals surface area contributed by atoms with Crippen molar-refractivity contribution in [3.8, 4) is 5.75 Å². The SMILES string of the molecule is CCOc1ccc(Nc2c(CC)c(C)nc3ncnn23)cc1. The maximum absolute atomic E-state index is 5.47. The molecule has 0 atom stereocenters. The summed E-state index contributed by atoms with van der Waals surface area (Å²) in [4.78, 5) is 8.65. The second-order valence-corrected chi connectivity index (χ2v) is 4.93. The van der Waals surface area contributed by atoms with Gasteiger partial charge < -0.3 is 10.1 Å². The minimum absolute atomic E-state index is 0.600. The lowest BCUT2D eigenvalue weighted by Gasteiger charge is -2.14. The maximum atomic E-state index is 5.47. The highest BCUT2D eigenvalue weighted by Gasteiger charge is 2.13. The summed E-state index contributed by atoms with van der Waals surface area (Å²) in [5.41, 5.74) is 3.07. The fourth-order valence-corrected chi connectivity index (χ4v) is 2.48. The zero-order chi connectivity index (χ0) is 15.5. The van der Waals surface area contributed by atoms with Gasteiger partial charge in [-0.3, -0.25) is 0 Å². The monoisotopic (exact) mass is 297 g/mol. The lowest BCUT2D eigenvalue weighted by molar-refractivity contribution is 0.340. The van der Waals surface area contributed by atoms with Crippen LogP contribution in [0.5, 0.6) is 5.75 Å². The lowest BCUT2D eigenvalue weighted by atomic mass is 10.1. The van der Waals surface area contributed by atoms with E-state index in [1.807, 2.05) is 38.1 Å². The maximum Gasteiger partial charge on any atom is 0.254 e. The molecule has 22 heavy (non-hydrogen) atoms. The van der Waals surface area contributed by atoms with Crippen molar-refractivity contribution in [1.82, 2.24) is 19.6 Å². The topological polar surface area (TPSA) is 64.3 Å². The fourth-order valence-electron chi connectivity index (χ4n) is 2.48. The van der Waals surface area contributed by atoms with Crippen LogP contribution in [-0.4, -0.2) is 26.2 Å². The van der Waals surface area contributed by atoms with Crippen LogP contribution in [-0.2, 0) is 6.42 Å². The number of aromatic nitrogens is 4. The number of fused-ring (bicyclic) bond motifs is 1. The minimum Gasteiger partial charge on any atom is -0.494 e. The fraction of sp³-hybridized carbons (Fsp3) is 0.312. The standard InChI is InChI=1S/C16H19N5O/c1-4-14-11(3)19-16-17-10-18-21(16)15(14)20-12-6-8-13(9-7-12)22-5-2/h6-10,20H,4-5H2,1-3H3. The van der Waals surface area contributed by atoms with E-state index in [2.05, 4.69) is 27.3 Å². The van der Waals surface area contributed by atoms with Gasteiger partial charge >= 0.3 is 0 Å². The molecule has 0 radical (unpaired) electrons. The molecule has 0 saturated carbocycles. The van der Waals surface area contributed by atoms with Gasteiger partial charge in [0.15, 0.2) is 0 Å². The summed E-state index contributed by atoms with van der Waals surface area (Å²) in [6, 6.07) is 7.87. The Bertz CT molecular complexity index is 779. The molecule has 0 spiro atoms. The van der Waals surface area contributed by atoms with Crippen molar-refractivity contribution >= 4 is 17.3 Å². The summed E-state index contributed by atoms with van der Waals surface area (Å²) in [6.45, 7) is 6.74. The second kappa shape index (κ2) is 6.01. The van der Waals surface area contributed by atoms with Crippen LogP contribution in [0.15, 0.2) is 30.6 Å². The Morgan fingerprint density at radius 3 is 2.64 bits per heavy atom. The first-order valence-corrected chi connectivity index (χ1v) is 7.42. The average molecular weight is 297 g/mol. The van der Waals surface area contributed by atoms with Gasteiger partial charge in [-0.2, -0.15) is 14.6 Å². The Morgan fingerprint density at radius 2 is 1.95 bits per heavy atom. The third-order valence-electron chi connectivity index (χ3n) is 3.51. The summed E-state index contributed by atoms with van der Waals surface area (Å²) < 4.78 is 7.21. The number of nitrogens with one attached hydrogen (secondary N) is 1. The summed E-state index contributed by atoms with van der Waals surface area (Å²) in [6.07, 6.45) is 2.39. The number of anilines is 2. The highest BCUT2D eigenvalue weighted by Crippen LogP contribution is 2.25. The van der Waals surface area contributed by atoms with E-state index in [4.69, 9.17) is 4.74 Å². The summed E-state index contributed by atoms with van der Waals surface area (Å²) in [5, 5.41) is 7.70. The van der Waals surface area contributed by atoms with Crippen molar-refractivity contribution in [3.63, 3.8) is 0 Å². The number of hydrogen-bond donors (Lipinski definition) is 1. The van der Waals surface area contributed by atoms with E-state index in [1.54, 1.807) is 4.52 Å². The molecule has 3 aromatic rings. The summed E-state index contributed by atoms with van der Waals surface area (Å²) in [5.74, 6) is 2.37. The largest absolute Gasteiger partial charge is 0.494 e. The molecule has 2 heterocycles. The Balaban J connectivity index is 2.00. The second-order valence-electron chi connectivity index (χ2n) is 4.93. The van der Waals surface area contributed by atoms with E-state index in [1.165, 1.54) is 6.33 Å². The first-order chi connectivity index (χ1) is 10.7. The van der Waals surface area contributed by atoms with E-state index < -0.39 is 0 Å². The van der Waals surface area contributed by atoms with E-state index in [0.717, 1.165) is 34.9 Å². The van der Waals surface area contributed by atoms with E-state index in [9.17, 15) is 0 Å². The molecule has 114 valence electrons. The molecule has 6 heteroatoms. The van der Waals surface area contributed by atoms with Crippen molar-refractivity contribution in [2.75, 3.05) is 11.9 Å². The van der Waals surface area contributed by atoms with Gasteiger partial charge in [-0.25, -0.2) is 4.98 Å². The molecule has 0 fully saturated rings. The smallest absolute Gasteiger partial charge is 0.254 e. The third kappa shape index (κ3) is 2.59. The van der Waals surface area contributed by atoms with Crippen LogP contribution < -0.4 is 10.1 Å².